The number of aryl methyl sites for hydroxylation is 1. The number of thioether (sulfide) groups is 1. The van der Waals surface area contributed by atoms with Crippen LogP contribution < -0.4 is 10.6 Å². The van der Waals surface area contributed by atoms with E-state index in [1.165, 1.54) is 23.9 Å². The summed E-state index contributed by atoms with van der Waals surface area (Å²) in [6.45, 7) is 1.73. The first-order valence-corrected chi connectivity index (χ1v) is 7.28. The lowest BCUT2D eigenvalue weighted by Gasteiger charge is -2.08. The molecule has 1 aliphatic rings. The van der Waals surface area contributed by atoms with Crippen LogP contribution >= 0.6 is 11.8 Å². The number of aliphatic imine (C=N–C) groups is 1. The van der Waals surface area contributed by atoms with Crippen LogP contribution in [0.1, 0.15) is 12.0 Å². The van der Waals surface area contributed by atoms with Crippen LogP contribution in [0.15, 0.2) is 23.2 Å². The van der Waals surface area contributed by atoms with E-state index in [0.29, 0.717) is 5.17 Å². The summed E-state index contributed by atoms with van der Waals surface area (Å²) in [6.07, 6.45) is -0.0828. The lowest BCUT2D eigenvalue weighted by Crippen LogP contribution is -2.28. The molecule has 0 aromatic heterocycles. The number of anilines is 1. The molecule has 0 radical (unpaired) electrons. The molecule has 1 aromatic rings. The fourth-order valence-corrected chi connectivity index (χ4v) is 2.85. The average molecular weight is 322 g/mol. The molecule has 1 fully saturated rings. The van der Waals surface area contributed by atoms with Crippen LogP contribution in [-0.2, 0) is 9.59 Å². The highest BCUT2D eigenvalue weighted by atomic mass is 32.2. The van der Waals surface area contributed by atoms with E-state index >= 15 is 0 Å². The standard InChI is InChI=1S/C13H14N4O4S/c1-7-3-4-8(9(5-7)17(20)21)15-11(18)6-10-12(19)16-13(14-2)22-10/h3-5,10H,6H2,1-2H3,(H,15,18)(H,14,16,19)/t10-/m0/s1. The molecule has 0 spiro atoms. The maximum atomic E-state index is 12.0. The SMILES string of the molecule is CN=C1NC(=O)[C@H](CC(=O)Nc2ccc(C)cc2[N+](=O)[O-])S1. The van der Waals surface area contributed by atoms with Crippen LogP contribution in [0.25, 0.3) is 0 Å². The van der Waals surface area contributed by atoms with Crippen molar-refractivity contribution in [2.24, 2.45) is 4.99 Å². The second-order valence-electron chi connectivity index (χ2n) is 4.65. The van der Waals surface area contributed by atoms with Gasteiger partial charge in [-0.1, -0.05) is 17.8 Å². The van der Waals surface area contributed by atoms with Crippen molar-refractivity contribution in [1.29, 1.82) is 0 Å². The van der Waals surface area contributed by atoms with E-state index in [0.717, 1.165) is 5.56 Å². The van der Waals surface area contributed by atoms with Crippen molar-refractivity contribution in [1.82, 2.24) is 5.32 Å². The van der Waals surface area contributed by atoms with Gasteiger partial charge in [-0.3, -0.25) is 24.7 Å². The highest BCUT2D eigenvalue weighted by Crippen LogP contribution is 2.27. The van der Waals surface area contributed by atoms with Crippen molar-refractivity contribution in [2.75, 3.05) is 12.4 Å². The molecule has 0 saturated carbocycles. The summed E-state index contributed by atoms with van der Waals surface area (Å²) in [7, 11) is 1.54. The number of amidine groups is 1. The van der Waals surface area contributed by atoms with Crippen molar-refractivity contribution in [3.8, 4) is 0 Å². The molecule has 22 heavy (non-hydrogen) atoms. The largest absolute Gasteiger partial charge is 0.320 e. The maximum Gasteiger partial charge on any atom is 0.293 e. The number of carbonyl (C=O) groups excluding carboxylic acids is 2. The average Bonchev–Trinajstić information content (AvgIpc) is 2.81. The predicted molar refractivity (Wildman–Crippen MR) is 84.0 cm³/mol. The van der Waals surface area contributed by atoms with Gasteiger partial charge in [-0.15, -0.1) is 0 Å². The molecule has 116 valence electrons. The molecule has 2 rings (SSSR count). The topological polar surface area (TPSA) is 114 Å². The maximum absolute atomic E-state index is 12.0. The summed E-state index contributed by atoms with van der Waals surface area (Å²) < 4.78 is 0. The Bertz CT molecular complexity index is 674. The predicted octanol–water partition coefficient (Wildman–Crippen LogP) is 1.45. The minimum absolute atomic E-state index is 0.0828. The minimum atomic E-state index is -0.580. The molecule has 0 aliphatic carbocycles. The number of nitrogens with zero attached hydrogens (tertiary/aromatic N) is 2. The van der Waals surface area contributed by atoms with Gasteiger partial charge in [0.2, 0.25) is 11.8 Å². The fraction of sp³-hybridized carbons (Fsp3) is 0.308. The van der Waals surface area contributed by atoms with Crippen LogP contribution in [0.3, 0.4) is 0 Å². The molecule has 1 aromatic carbocycles. The molecule has 1 heterocycles. The first-order valence-electron chi connectivity index (χ1n) is 6.40. The number of benzene rings is 1. The summed E-state index contributed by atoms with van der Waals surface area (Å²) in [5, 5.41) is 15.9. The Balaban J connectivity index is 2.07. The molecule has 2 N–H and O–H groups in total. The van der Waals surface area contributed by atoms with Gasteiger partial charge in [0.05, 0.1) is 4.92 Å². The van der Waals surface area contributed by atoms with Gasteiger partial charge in [-0.25, -0.2) is 0 Å². The molecule has 0 bridgehead atoms. The van der Waals surface area contributed by atoms with E-state index in [1.807, 2.05) is 0 Å². The van der Waals surface area contributed by atoms with Gasteiger partial charge in [0.25, 0.3) is 5.69 Å². The van der Waals surface area contributed by atoms with Gasteiger partial charge in [-0.2, -0.15) is 0 Å². The fourth-order valence-electron chi connectivity index (χ4n) is 1.91. The number of nitro groups is 1. The molecule has 8 nitrogen and oxygen atoms in total. The van der Waals surface area contributed by atoms with E-state index in [4.69, 9.17) is 0 Å². The summed E-state index contributed by atoms with van der Waals surface area (Å²) in [4.78, 5) is 38.0. The Morgan fingerprint density at radius 1 is 1.55 bits per heavy atom. The number of carbonyl (C=O) groups is 2. The number of hydrogen-bond acceptors (Lipinski definition) is 6. The van der Waals surface area contributed by atoms with Crippen LogP contribution in [-0.4, -0.2) is 34.2 Å². The van der Waals surface area contributed by atoms with Crippen LogP contribution in [0, 0.1) is 17.0 Å². The number of amides is 2. The first kappa shape index (κ1) is 16.0. The summed E-state index contributed by atoms with van der Waals surface area (Å²) in [5.74, 6) is -0.754. The lowest BCUT2D eigenvalue weighted by atomic mass is 10.2. The Kier molecular flexibility index (Phi) is 4.76. The third-order valence-electron chi connectivity index (χ3n) is 2.97. The highest BCUT2D eigenvalue weighted by Gasteiger charge is 2.32. The molecular formula is C13H14N4O4S. The second-order valence-corrected chi connectivity index (χ2v) is 5.85. The Hall–Kier alpha value is -2.42. The smallest absolute Gasteiger partial charge is 0.293 e. The molecule has 0 unspecified atom stereocenters. The van der Waals surface area contributed by atoms with E-state index in [1.54, 1.807) is 20.0 Å². The van der Waals surface area contributed by atoms with Gasteiger partial charge >= 0.3 is 0 Å². The summed E-state index contributed by atoms with van der Waals surface area (Å²) >= 11 is 1.17. The molecule has 1 aliphatic heterocycles. The second kappa shape index (κ2) is 6.56. The van der Waals surface area contributed by atoms with Crippen LogP contribution in [0.5, 0.6) is 0 Å². The third-order valence-corrected chi connectivity index (χ3v) is 4.15. The Morgan fingerprint density at radius 2 is 2.27 bits per heavy atom. The van der Waals surface area contributed by atoms with Crippen molar-refractivity contribution in [2.45, 2.75) is 18.6 Å². The Morgan fingerprint density at radius 3 is 2.86 bits per heavy atom. The Labute approximate surface area is 130 Å². The van der Waals surface area contributed by atoms with Crippen molar-refractivity contribution in [3.05, 3.63) is 33.9 Å². The normalized spacial score (nSPS) is 19.1. The first-order chi connectivity index (χ1) is 10.4. The van der Waals surface area contributed by atoms with Crippen molar-refractivity contribution in [3.63, 3.8) is 0 Å². The number of rotatable bonds is 4. The van der Waals surface area contributed by atoms with E-state index < -0.39 is 16.1 Å². The van der Waals surface area contributed by atoms with E-state index in [9.17, 15) is 19.7 Å². The zero-order chi connectivity index (χ0) is 16.3. The van der Waals surface area contributed by atoms with Crippen LogP contribution in [0.2, 0.25) is 0 Å². The van der Waals surface area contributed by atoms with E-state index in [2.05, 4.69) is 15.6 Å². The quantitative estimate of drug-likeness (QED) is 0.643. The van der Waals surface area contributed by atoms with Gasteiger partial charge in [0.1, 0.15) is 10.9 Å². The van der Waals surface area contributed by atoms with Crippen molar-refractivity contribution < 1.29 is 14.5 Å². The molecule has 2 amide bonds. The van der Waals surface area contributed by atoms with Gasteiger partial charge in [0.15, 0.2) is 5.17 Å². The van der Waals surface area contributed by atoms with Gasteiger partial charge in [-0.05, 0) is 18.6 Å². The molecule has 1 atom stereocenters. The number of hydrogen-bond donors (Lipinski definition) is 2. The third kappa shape index (κ3) is 3.61. The van der Waals surface area contributed by atoms with Gasteiger partial charge < -0.3 is 10.6 Å². The molecule has 9 heteroatoms. The summed E-state index contributed by atoms with van der Waals surface area (Å²) in [6, 6.07) is 4.53. The zero-order valence-electron chi connectivity index (χ0n) is 12.0. The van der Waals surface area contributed by atoms with Crippen molar-refractivity contribution >= 4 is 40.1 Å². The minimum Gasteiger partial charge on any atom is -0.320 e. The summed E-state index contributed by atoms with van der Waals surface area (Å²) in [5.41, 5.74) is 0.667. The number of nitrogens with one attached hydrogen (secondary N) is 2. The van der Waals surface area contributed by atoms with E-state index in [-0.39, 0.29) is 23.7 Å². The lowest BCUT2D eigenvalue weighted by molar-refractivity contribution is -0.384. The molecular weight excluding hydrogens is 308 g/mol. The highest BCUT2D eigenvalue weighted by molar-refractivity contribution is 8.15. The van der Waals surface area contributed by atoms with Crippen LogP contribution in [0.4, 0.5) is 11.4 Å². The van der Waals surface area contributed by atoms with Gasteiger partial charge in [0, 0.05) is 19.5 Å². The number of nitro benzene ring substituents is 1. The zero-order valence-corrected chi connectivity index (χ0v) is 12.8. The molecule has 1 saturated heterocycles. The monoisotopic (exact) mass is 322 g/mol.